The first-order chi connectivity index (χ1) is 12.4. The van der Waals surface area contributed by atoms with Gasteiger partial charge in [0, 0.05) is 4.88 Å². The molecule has 0 aromatic carbocycles. The molecule has 140 valence electrons. The number of hydrogen-bond donors (Lipinski definition) is 2. The Bertz CT molecular complexity index is 781. The lowest BCUT2D eigenvalue weighted by molar-refractivity contribution is -0.146. The Morgan fingerprint density at radius 2 is 1.88 bits per heavy atom. The number of ether oxygens (including phenoxy) is 1. The predicted octanol–water partition coefficient (Wildman–Crippen LogP) is 3.26. The highest BCUT2D eigenvalue weighted by Gasteiger charge is 2.51. The number of carboxylic acid groups (broad SMARTS) is 1. The lowest BCUT2D eigenvalue weighted by Crippen LogP contribution is -2.36. The van der Waals surface area contributed by atoms with Gasteiger partial charge in [-0.15, -0.1) is 11.3 Å². The molecule has 1 saturated carbocycles. The van der Waals surface area contributed by atoms with Gasteiger partial charge < -0.3 is 15.2 Å². The van der Waals surface area contributed by atoms with Crippen LogP contribution in [0.2, 0.25) is 0 Å². The first-order valence-corrected chi connectivity index (χ1v) is 9.72. The lowest BCUT2D eigenvalue weighted by atomic mass is 9.82. The fourth-order valence-corrected chi connectivity index (χ4v) is 5.36. The molecule has 0 unspecified atom stereocenters. The van der Waals surface area contributed by atoms with Gasteiger partial charge in [-0.3, -0.25) is 9.59 Å². The van der Waals surface area contributed by atoms with Crippen molar-refractivity contribution in [2.45, 2.75) is 33.6 Å². The van der Waals surface area contributed by atoms with Crippen LogP contribution in [0, 0.1) is 30.6 Å². The number of anilines is 1. The average Bonchev–Trinajstić information content (AvgIpc) is 3.26. The molecule has 2 aliphatic carbocycles. The number of hydrogen-bond acceptors (Lipinski definition) is 5. The molecule has 1 heterocycles. The number of allylic oxidation sites excluding steroid dienone is 2. The minimum Gasteiger partial charge on any atom is -0.481 e. The second-order valence-corrected chi connectivity index (χ2v) is 7.97. The number of carbonyl (C=O) groups excluding carboxylic acids is 2. The van der Waals surface area contributed by atoms with Crippen molar-refractivity contribution in [3.8, 4) is 0 Å². The van der Waals surface area contributed by atoms with Gasteiger partial charge >= 0.3 is 11.9 Å². The summed E-state index contributed by atoms with van der Waals surface area (Å²) in [6.45, 7) is 5.84. The Balaban J connectivity index is 1.89. The van der Waals surface area contributed by atoms with E-state index in [1.165, 1.54) is 11.3 Å². The summed E-state index contributed by atoms with van der Waals surface area (Å²) in [5, 5.41) is 12.8. The van der Waals surface area contributed by atoms with Crippen molar-refractivity contribution >= 4 is 34.2 Å². The van der Waals surface area contributed by atoms with Crippen LogP contribution >= 0.6 is 11.3 Å². The number of esters is 1. The largest absolute Gasteiger partial charge is 0.481 e. The SMILES string of the molecule is CCOC(=O)c1c(NC(=O)[C@H]2[C@@H](C(=O)O)[C@H]3C=C[C@H]2C3)sc(C)c1CC. The van der Waals surface area contributed by atoms with E-state index in [9.17, 15) is 19.5 Å². The summed E-state index contributed by atoms with van der Waals surface area (Å²) in [5.74, 6) is -3.18. The number of rotatable bonds is 6. The van der Waals surface area contributed by atoms with Crippen LogP contribution in [-0.2, 0) is 20.7 Å². The Hall–Kier alpha value is -2.15. The van der Waals surface area contributed by atoms with E-state index in [4.69, 9.17) is 4.74 Å². The van der Waals surface area contributed by atoms with Crippen LogP contribution < -0.4 is 5.32 Å². The summed E-state index contributed by atoms with van der Waals surface area (Å²) >= 11 is 1.34. The second-order valence-electron chi connectivity index (χ2n) is 6.74. The van der Waals surface area contributed by atoms with Crippen LogP contribution in [0.4, 0.5) is 5.00 Å². The van der Waals surface area contributed by atoms with Crippen molar-refractivity contribution in [3.05, 3.63) is 28.2 Å². The summed E-state index contributed by atoms with van der Waals surface area (Å²) in [4.78, 5) is 37.9. The lowest BCUT2D eigenvalue weighted by Gasteiger charge is -2.23. The van der Waals surface area contributed by atoms with Crippen molar-refractivity contribution in [1.29, 1.82) is 0 Å². The number of amides is 1. The monoisotopic (exact) mass is 377 g/mol. The van der Waals surface area contributed by atoms with Gasteiger partial charge in [0.15, 0.2) is 0 Å². The van der Waals surface area contributed by atoms with Gasteiger partial charge in [-0.2, -0.15) is 0 Å². The molecule has 1 aromatic heterocycles. The zero-order valence-electron chi connectivity index (χ0n) is 15.1. The van der Waals surface area contributed by atoms with E-state index in [0.29, 0.717) is 23.4 Å². The Kier molecular flexibility index (Phi) is 5.18. The fourth-order valence-electron chi connectivity index (χ4n) is 4.22. The predicted molar refractivity (Wildman–Crippen MR) is 98.4 cm³/mol. The van der Waals surface area contributed by atoms with Crippen LogP contribution in [0.5, 0.6) is 0 Å². The Morgan fingerprint density at radius 1 is 1.23 bits per heavy atom. The molecule has 1 amide bonds. The second kappa shape index (κ2) is 7.23. The number of fused-ring (bicyclic) bond motifs is 2. The summed E-state index contributed by atoms with van der Waals surface area (Å²) in [6.07, 6.45) is 5.20. The summed E-state index contributed by atoms with van der Waals surface area (Å²) < 4.78 is 5.15. The molecule has 1 aromatic rings. The van der Waals surface area contributed by atoms with Crippen molar-refractivity contribution in [2.75, 3.05) is 11.9 Å². The topological polar surface area (TPSA) is 92.7 Å². The molecule has 7 heteroatoms. The minimum absolute atomic E-state index is 0.0566. The van der Waals surface area contributed by atoms with E-state index in [-0.39, 0.29) is 24.3 Å². The zero-order chi connectivity index (χ0) is 19.0. The Labute approximate surface area is 156 Å². The van der Waals surface area contributed by atoms with Crippen LogP contribution in [-0.4, -0.2) is 29.6 Å². The third-order valence-corrected chi connectivity index (χ3v) is 6.39. The molecule has 6 nitrogen and oxygen atoms in total. The summed E-state index contributed by atoms with van der Waals surface area (Å²) in [5.41, 5.74) is 1.27. The van der Waals surface area contributed by atoms with Crippen molar-refractivity contribution < 1.29 is 24.2 Å². The number of thiophene rings is 1. The van der Waals surface area contributed by atoms with Crippen LogP contribution in [0.3, 0.4) is 0 Å². The maximum atomic E-state index is 12.9. The van der Waals surface area contributed by atoms with Crippen molar-refractivity contribution in [2.24, 2.45) is 23.7 Å². The van der Waals surface area contributed by atoms with Crippen LogP contribution in [0.15, 0.2) is 12.2 Å². The van der Waals surface area contributed by atoms with Crippen LogP contribution in [0.25, 0.3) is 0 Å². The Morgan fingerprint density at radius 3 is 2.46 bits per heavy atom. The van der Waals surface area contributed by atoms with E-state index in [0.717, 1.165) is 10.4 Å². The highest BCUT2D eigenvalue weighted by molar-refractivity contribution is 7.16. The molecule has 4 atom stereocenters. The van der Waals surface area contributed by atoms with E-state index in [1.54, 1.807) is 6.92 Å². The third kappa shape index (κ3) is 3.05. The van der Waals surface area contributed by atoms with Crippen LogP contribution in [0.1, 0.15) is 41.1 Å². The minimum atomic E-state index is -0.941. The molecule has 1 fully saturated rings. The highest BCUT2D eigenvalue weighted by atomic mass is 32.1. The summed E-state index contributed by atoms with van der Waals surface area (Å²) in [7, 11) is 0. The third-order valence-electron chi connectivity index (χ3n) is 5.33. The molecule has 3 rings (SSSR count). The van der Waals surface area contributed by atoms with Gasteiger partial charge in [0.2, 0.25) is 5.91 Å². The number of aliphatic carboxylic acids is 1. The standard InChI is InChI=1S/C19H23NO5S/c1-4-12-9(3)26-17(15(12)19(24)25-5-2)20-16(21)13-10-6-7-11(8-10)14(13)18(22)23/h6-7,10-11,13-14H,4-5,8H2,1-3H3,(H,20,21)(H,22,23)/t10-,11-,13+,14-/m0/s1. The molecular weight excluding hydrogens is 354 g/mol. The fraction of sp³-hybridized carbons (Fsp3) is 0.526. The average molecular weight is 377 g/mol. The first-order valence-electron chi connectivity index (χ1n) is 8.90. The molecular formula is C19H23NO5S. The van der Waals surface area contributed by atoms with E-state index in [1.807, 2.05) is 26.0 Å². The van der Waals surface area contributed by atoms with Gasteiger partial charge in [-0.05, 0) is 44.1 Å². The number of carboxylic acids is 1. The normalized spacial score (nSPS) is 26.1. The molecule has 0 aliphatic heterocycles. The number of nitrogens with one attached hydrogen (secondary N) is 1. The first kappa shape index (κ1) is 18.6. The summed E-state index contributed by atoms with van der Waals surface area (Å²) in [6, 6.07) is 0. The van der Waals surface area contributed by atoms with Gasteiger partial charge in [0.05, 0.1) is 24.0 Å². The van der Waals surface area contributed by atoms with Gasteiger partial charge in [0.1, 0.15) is 5.00 Å². The maximum Gasteiger partial charge on any atom is 0.341 e. The molecule has 2 bridgehead atoms. The number of aryl methyl sites for hydroxylation is 1. The molecule has 2 aliphatic rings. The van der Waals surface area contributed by atoms with Crippen molar-refractivity contribution in [3.63, 3.8) is 0 Å². The molecule has 2 N–H and O–H groups in total. The molecule has 0 radical (unpaired) electrons. The smallest absolute Gasteiger partial charge is 0.341 e. The zero-order valence-corrected chi connectivity index (χ0v) is 15.9. The molecule has 0 saturated heterocycles. The highest BCUT2D eigenvalue weighted by Crippen LogP contribution is 2.48. The quantitative estimate of drug-likeness (QED) is 0.586. The van der Waals surface area contributed by atoms with E-state index < -0.39 is 23.8 Å². The molecule has 0 spiro atoms. The van der Waals surface area contributed by atoms with E-state index >= 15 is 0 Å². The van der Waals surface area contributed by atoms with Gasteiger partial charge in [0.25, 0.3) is 0 Å². The number of carbonyl (C=O) groups is 3. The maximum absolute atomic E-state index is 12.9. The van der Waals surface area contributed by atoms with E-state index in [2.05, 4.69) is 5.32 Å². The van der Waals surface area contributed by atoms with Crippen molar-refractivity contribution in [1.82, 2.24) is 0 Å². The van der Waals surface area contributed by atoms with Gasteiger partial charge in [-0.25, -0.2) is 4.79 Å². The molecule has 26 heavy (non-hydrogen) atoms. The van der Waals surface area contributed by atoms with Gasteiger partial charge in [-0.1, -0.05) is 19.1 Å².